The molecule has 5 heteroatoms. The molecular weight excluding hydrogens is 300 g/mol. The summed E-state index contributed by atoms with van der Waals surface area (Å²) in [6, 6.07) is 9.50. The zero-order valence-corrected chi connectivity index (χ0v) is 14.9. The summed E-state index contributed by atoms with van der Waals surface area (Å²) in [5.74, 6) is -0.192. The Kier molecular flexibility index (Phi) is 6.32. The van der Waals surface area contributed by atoms with Crippen molar-refractivity contribution in [2.45, 2.75) is 20.3 Å². The van der Waals surface area contributed by atoms with Gasteiger partial charge < -0.3 is 15.5 Å². The quantitative estimate of drug-likeness (QED) is 0.767. The van der Waals surface area contributed by atoms with Gasteiger partial charge in [0.2, 0.25) is 0 Å². The first-order chi connectivity index (χ1) is 11.5. The number of benzene rings is 1. The zero-order valence-electron chi connectivity index (χ0n) is 14.9. The number of carbonyl (C=O) groups is 1. The summed E-state index contributed by atoms with van der Waals surface area (Å²) in [5.41, 5.74) is 4.39. The lowest BCUT2D eigenvalue weighted by Gasteiger charge is -2.11. The van der Waals surface area contributed by atoms with Crippen LogP contribution in [0.3, 0.4) is 0 Å². The molecule has 0 spiro atoms. The lowest BCUT2D eigenvalue weighted by molar-refractivity contribution is 0.102. The topological polar surface area (TPSA) is 57.3 Å². The van der Waals surface area contributed by atoms with Gasteiger partial charge in [-0.05, 0) is 70.2 Å². The fourth-order valence-electron chi connectivity index (χ4n) is 2.33. The predicted octanol–water partition coefficient (Wildman–Crippen LogP) is 3.31. The zero-order chi connectivity index (χ0) is 17.5. The minimum absolute atomic E-state index is 0.192. The predicted molar refractivity (Wildman–Crippen MR) is 99.8 cm³/mol. The van der Waals surface area contributed by atoms with Gasteiger partial charge in [-0.3, -0.25) is 4.79 Å². The molecule has 0 aliphatic rings. The van der Waals surface area contributed by atoms with E-state index in [1.54, 1.807) is 12.3 Å². The number of anilines is 2. The summed E-state index contributed by atoms with van der Waals surface area (Å²) in [6.07, 6.45) is 2.76. The van der Waals surface area contributed by atoms with Crippen LogP contribution in [0.25, 0.3) is 0 Å². The van der Waals surface area contributed by atoms with Gasteiger partial charge >= 0.3 is 0 Å². The first-order valence-electron chi connectivity index (χ1n) is 8.19. The van der Waals surface area contributed by atoms with Crippen molar-refractivity contribution in [1.82, 2.24) is 9.88 Å². The largest absolute Gasteiger partial charge is 0.384 e. The van der Waals surface area contributed by atoms with E-state index in [1.807, 2.05) is 38.1 Å². The lowest BCUT2D eigenvalue weighted by Crippen LogP contribution is -2.17. The molecule has 0 aliphatic heterocycles. The van der Waals surface area contributed by atoms with E-state index in [2.05, 4.69) is 34.6 Å². The number of nitrogens with one attached hydrogen (secondary N) is 2. The average molecular weight is 326 g/mol. The molecule has 0 unspecified atom stereocenters. The van der Waals surface area contributed by atoms with E-state index in [4.69, 9.17) is 0 Å². The van der Waals surface area contributed by atoms with E-state index < -0.39 is 0 Å². The van der Waals surface area contributed by atoms with Crippen molar-refractivity contribution in [3.05, 3.63) is 53.3 Å². The van der Waals surface area contributed by atoms with Crippen LogP contribution in [-0.2, 0) is 0 Å². The summed E-state index contributed by atoms with van der Waals surface area (Å²) in [7, 11) is 4.12. The van der Waals surface area contributed by atoms with Crippen LogP contribution in [-0.4, -0.2) is 43.0 Å². The fourth-order valence-corrected chi connectivity index (χ4v) is 2.33. The molecule has 0 aliphatic carbocycles. The third kappa shape index (κ3) is 5.06. The van der Waals surface area contributed by atoms with Crippen molar-refractivity contribution in [2.24, 2.45) is 0 Å². The standard InChI is InChI=1S/C19H26N4O/c1-14-7-5-8-17(15(14)2)22-19(24)18-10-9-16(13-21-18)20-11-6-12-23(3)4/h5,7-10,13,20H,6,11-12H2,1-4H3,(H,22,24). The maximum atomic E-state index is 12.3. The minimum Gasteiger partial charge on any atom is -0.384 e. The lowest BCUT2D eigenvalue weighted by atomic mass is 10.1. The van der Waals surface area contributed by atoms with Gasteiger partial charge in [0.15, 0.2) is 0 Å². The van der Waals surface area contributed by atoms with Gasteiger partial charge in [0.05, 0.1) is 11.9 Å². The van der Waals surface area contributed by atoms with E-state index >= 15 is 0 Å². The van der Waals surface area contributed by atoms with Crippen LogP contribution in [0, 0.1) is 13.8 Å². The number of carbonyl (C=O) groups excluding carboxylic acids is 1. The maximum absolute atomic E-state index is 12.3. The Hall–Kier alpha value is -2.40. The number of hydrogen-bond donors (Lipinski definition) is 2. The molecule has 0 radical (unpaired) electrons. The third-order valence-corrected chi connectivity index (χ3v) is 3.96. The molecule has 0 atom stereocenters. The molecule has 24 heavy (non-hydrogen) atoms. The molecule has 2 aromatic rings. The number of aromatic nitrogens is 1. The summed E-state index contributed by atoms with van der Waals surface area (Å²) in [5, 5.41) is 6.24. The molecule has 1 aromatic carbocycles. The smallest absolute Gasteiger partial charge is 0.274 e. The van der Waals surface area contributed by atoms with Crippen LogP contribution >= 0.6 is 0 Å². The van der Waals surface area contributed by atoms with E-state index in [1.165, 1.54) is 0 Å². The van der Waals surface area contributed by atoms with Gasteiger partial charge in [-0.25, -0.2) is 4.98 Å². The Bertz CT molecular complexity index is 680. The Morgan fingerprint density at radius 3 is 2.62 bits per heavy atom. The summed E-state index contributed by atoms with van der Waals surface area (Å²) >= 11 is 0. The molecule has 1 amide bonds. The molecule has 1 aromatic heterocycles. The highest BCUT2D eigenvalue weighted by Crippen LogP contribution is 2.18. The van der Waals surface area contributed by atoms with Crippen LogP contribution in [0.2, 0.25) is 0 Å². The molecule has 5 nitrogen and oxygen atoms in total. The molecular formula is C19H26N4O. The van der Waals surface area contributed by atoms with Gasteiger partial charge in [0, 0.05) is 12.2 Å². The Morgan fingerprint density at radius 2 is 1.96 bits per heavy atom. The van der Waals surface area contributed by atoms with E-state index in [0.29, 0.717) is 5.69 Å². The second-order valence-electron chi connectivity index (χ2n) is 6.22. The molecule has 2 rings (SSSR count). The first-order valence-corrected chi connectivity index (χ1v) is 8.19. The summed E-state index contributed by atoms with van der Waals surface area (Å²) in [6.45, 7) is 5.95. The van der Waals surface area contributed by atoms with Crippen molar-refractivity contribution >= 4 is 17.3 Å². The molecule has 1 heterocycles. The maximum Gasteiger partial charge on any atom is 0.274 e. The number of amides is 1. The summed E-state index contributed by atoms with van der Waals surface area (Å²) in [4.78, 5) is 18.7. The second-order valence-corrected chi connectivity index (χ2v) is 6.22. The van der Waals surface area contributed by atoms with Gasteiger partial charge in [-0.1, -0.05) is 12.1 Å². The molecule has 2 N–H and O–H groups in total. The minimum atomic E-state index is -0.192. The Morgan fingerprint density at radius 1 is 1.17 bits per heavy atom. The van der Waals surface area contributed by atoms with Gasteiger partial charge in [0.25, 0.3) is 5.91 Å². The highest BCUT2D eigenvalue weighted by Gasteiger charge is 2.09. The molecule has 0 bridgehead atoms. The third-order valence-electron chi connectivity index (χ3n) is 3.96. The van der Waals surface area contributed by atoms with Crippen molar-refractivity contribution in [3.8, 4) is 0 Å². The van der Waals surface area contributed by atoms with Crippen LogP contribution in [0.1, 0.15) is 28.0 Å². The van der Waals surface area contributed by atoms with Crippen LogP contribution in [0.4, 0.5) is 11.4 Å². The Labute approximate surface area is 144 Å². The number of nitrogens with zero attached hydrogens (tertiary/aromatic N) is 2. The van der Waals surface area contributed by atoms with Crippen LogP contribution < -0.4 is 10.6 Å². The van der Waals surface area contributed by atoms with Crippen molar-refractivity contribution < 1.29 is 4.79 Å². The highest BCUT2D eigenvalue weighted by molar-refractivity contribution is 6.03. The SMILES string of the molecule is Cc1cccc(NC(=O)c2ccc(NCCCN(C)C)cn2)c1C. The van der Waals surface area contributed by atoms with E-state index in [0.717, 1.165) is 42.0 Å². The second kappa shape index (κ2) is 8.45. The first kappa shape index (κ1) is 17.9. The number of aryl methyl sites for hydroxylation is 1. The van der Waals surface area contributed by atoms with Crippen molar-refractivity contribution in [1.29, 1.82) is 0 Å². The normalized spacial score (nSPS) is 10.7. The van der Waals surface area contributed by atoms with E-state index in [9.17, 15) is 4.79 Å². The fraction of sp³-hybridized carbons (Fsp3) is 0.368. The molecule has 0 fully saturated rings. The van der Waals surface area contributed by atoms with Crippen molar-refractivity contribution in [3.63, 3.8) is 0 Å². The monoisotopic (exact) mass is 326 g/mol. The van der Waals surface area contributed by atoms with Crippen LogP contribution in [0.15, 0.2) is 36.5 Å². The van der Waals surface area contributed by atoms with Crippen LogP contribution in [0.5, 0.6) is 0 Å². The van der Waals surface area contributed by atoms with Crippen molar-refractivity contribution in [2.75, 3.05) is 37.8 Å². The number of rotatable bonds is 7. The van der Waals surface area contributed by atoms with Gasteiger partial charge in [0.1, 0.15) is 5.69 Å². The molecule has 128 valence electrons. The Balaban J connectivity index is 1.92. The number of hydrogen-bond acceptors (Lipinski definition) is 4. The van der Waals surface area contributed by atoms with Gasteiger partial charge in [-0.15, -0.1) is 0 Å². The summed E-state index contributed by atoms with van der Waals surface area (Å²) < 4.78 is 0. The molecule has 0 saturated carbocycles. The van der Waals surface area contributed by atoms with E-state index in [-0.39, 0.29) is 5.91 Å². The number of pyridine rings is 1. The average Bonchev–Trinajstić information content (AvgIpc) is 2.56. The molecule has 0 saturated heterocycles. The highest BCUT2D eigenvalue weighted by atomic mass is 16.1. The van der Waals surface area contributed by atoms with Gasteiger partial charge in [-0.2, -0.15) is 0 Å².